The molecule has 0 aliphatic rings. The molecular weight excluding hydrogens is 303 g/mol. The molecular formula is C15H16N2O4P+. The molecule has 1 aromatic heterocycles. The lowest BCUT2D eigenvalue weighted by atomic mass is 10.2. The highest BCUT2D eigenvalue weighted by atomic mass is 31.1. The van der Waals surface area contributed by atoms with Crippen molar-refractivity contribution in [3.8, 4) is 11.5 Å². The van der Waals surface area contributed by atoms with Gasteiger partial charge in [-0.1, -0.05) is 6.92 Å². The third-order valence-electron chi connectivity index (χ3n) is 2.55. The van der Waals surface area contributed by atoms with Crippen LogP contribution < -0.4 is 9.05 Å². The summed E-state index contributed by atoms with van der Waals surface area (Å²) in [5.41, 5.74) is 0.449. The zero-order chi connectivity index (χ0) is 15.8. The fourth-order valence-corrected chi connectivity index (χ4v) is 2.20. The molecule has 0 spiro atoms. The number of aromatic nitrogens is 1. The molecule has 22 heavy (non-hydrogen) atoms. The Kier molecular flexibility index (Phi) is 5.86. The van der Waals surface area contributed by atoms with Gasteiger partial charge in [0.1, 0.15) is 0 Å². The first kappa shape index (κ1) is 15.9. The largest absolute Gasteiger partial charge is 0.664 e. The average Bonchev–Trinajstić information content (AvgIpc) is 2.54. The summed E-state index contributed by atoms with van der Waals surface area (Å²) in [6, 6.07) is 9.73. The molecule has 6 nitrogen and oxygen atoms in total. The summed E-state index contributed by atoms with van der Waals surface area (Å²) in [7, 11) is -1.86. The zero-order valence-corrected chi connectivity index (χ0v) is 13.0. The Labute approximate surface area is 129 Å². The van der Waals surface area contributed by atoms with E-state index in [1.807, 2.05) is 6.92 Å². The van der Waals surface area contributed by atoms with E-state index in [0.29, 0.717) is 23.7 Å². The third-order valence-corrected chi connectivity index (χ3v) is 3.31. The van der Waals surface area contributed by atoms with Crippen LogP contribution in [0.25, 0.3) is 0 Å². The Balaban J connectivity index is 1.90. The predicted octanol–water partition coefficient (Wildman–Crippen LogP) is 4.18. The smallest absolute Gasteiger partial charge is 0.462 e. The molecule has 1 unspecified atom stereocenters. The lowest BCUT2D eigenvalue weighted by molar-refractivity contribution is 0.0505. The molecule has 0 radical (unpaired) electrons. The van der Waals surface area contributed by atoms with Gasteiger partial charge < -0.3 is 4.74 Å². The van der Waals surface area contributed by atoms with Gasteiger partial charge in [-0.25, -0.2) is 13.8 Å². The summed E-state index contributed by atoms with van der Waals surface area (Å²) in [6.07, 6.45) is 3.94. The number of carbonyl (C=O) groups excluding carboxylic acids is 1. The van der Waals surface area contributed by atoms with Gasteiger partial charge in [0.05, 0.1) is 12.2 Å². The van der Waals surface area contributed by atoms with Crippen molar-refractivity contribution >= 4 is 14.1 Å². The summed E-state index contributed by atoms with van der Waals surface area (Å²) in [6.45, 7) is 2.33. The Hall–Kier alpha value is -2.46. The lowest BCUT2D eigenvalue weighted by Crippen LogP contribution is -2.05. The van der Waals surface area contributed by atoms with Gasteiger partial charge in [0, 0.05) is 24.5 Å². The quantitative estimate of drug-likeness (QED) is 0.611. The molecule has 2 rings (SSSR count). The molecule has 1 heterocycles. The van der Waals surface area contributed by atoms with E-state index < -0.39 is 8.17 Å². The summed E-state index contributed by atoms with van der Waals surface area (Å²) in [5.74, 6) is 0.618. The maximum atomic E-state index is 11.7. The molecule has 0 amide bonds. The molecule has 1 aromatic carbocycles. The first-order chi connectivity index (χ1) is 10.7. The number of rotatable bonds is 7. The highest BCUT2D eigenvalue weighted by molar-refractivity contribution is 7.35. The van der Waals surface area contributed by atoms with Crippen LogP contribution in [0.5, 0.6) is 11.5 Å². The summed E-state index contributed by atoms with van der Waals surface area (Å²) in [4.78, 5) is 15.5. The number of benzene rings is 1. The second-order valence-electron chi connectivity index (χ2n) is 4.28. The Morgan fingerprint density at radius 2 is 1.68 bits per heavy atom. The number of hydrogen-bond acceptors (Lipinski definition) is 6. The molecule has 114 valence electrons. The number of nitrogens with one attached hydrogen (secondary N) is 1. The second-order valence-corrected chi connectivity index (χ2v) is 5.16. The van der Waals surface area contributed by atoms with E-state index in [4.69, 9.17) is 18.9 Å². The van der Waals surface area contributed by atoms with Crippen molar-refractivity contribution in [1.29, 1.82) is 5.16 Å². The molecule has 1 N–H and O–H groups in total. The minimum absolute atomic E-state index is 0.366. The van der Waals surface area contributed by atoms with E-state index in [0.717, 1.165) is 6.42 Å². The highest BCUT2D eigenvalue weighted by Crippen LogP contribution is 2.30. The van der Waals surface area contributed by atoms with Crippen molar-refractivity contribution < 1.29 is 18.6 Å². The van der Waals surface area contributed by atoms with E-state index in [2.05, 4.69) is 4.98 Å². The topological polar surface area (TPSA) is 81.5 Å². The molecule has 0 bridgehead atoms. The minimum Gasteiger partial charge on any atom is -0.462 e. The maximum Gasteiger partial charge on any atom is 0.664 e. The van der Waals surface area contributed by atoms with Crippen molar-refractivity contribution in [2.75, 3.05) is 6.61 Å². The van der Waals surface area contributed by atoms with Gasteiger partial charge in [0.15, 0.2) is 11.5 Å². The van der Waals surface area contributed by atoms with Gasteiger partial charge in [0.25, 0.3) is 0 Å². The third kappa shape index (κ3) is 4.82. The predicted molar refractivity (Wildman–Crippen MR) is 82.1 cm³/mol. The van der Waals surface area contributed by atoms with Gasteiger partial charge >= 0.3 is 14.1 Å². The Bertz CT molecular complexity index is 632. The molecule has 0 saturated carbocycles. The number of carbonyl (C=O) groups is 1. The summed E-state index contributed by atoms with van der Waals surface area (Å²) < 4.78 is 15.7. The molecule has 0 aliphatic heterocycles. The van der Waals surface area contributed by atoms with Crippen molar-refractivity contribution in [1.82, 2.24) is 4.98 Å². The van der Waals surface area contributed by atoms with E-state index in [1.165, 1.54) is 0 Å². The van der Waals surface area contributed by atoms with Crippen molar-refractivity contribution in [3.05, 3.63) is 54.4 Å². The molecule has 2 aromatic rings. The van der Waals surface area contributed by atoms with Gasteiger partial charge in [-0.3, -0.25) is 4.98 Å². The van der Waals surface area contributed by atoms with Crippen LogP contribution in [0.4, 0.5) is 0 Å². The van der Waals surface area contributed by atoms with Gasteiger partial charge in [-0.05, 0) is 35.8 Å². The number of hydrogen-bond donors (Lipinski definition) is 1. The van der Waals surface area contributed by atoms with Crippen LogP contribution in [0, 0.1) is 5.16 Å². The lowest BCUT2D eigenvalue weighted by Gasteiger charge is -2.02. The molecule has 0 fully saturated rings. The Morgan fingerprint density at radius 1 is 1.09 bits per heavy atom. The van der Waals surface area contributed by atoms with Crippen LogP contribution >= 0.6 is 8.17 Å². The maximum absolute atomic E-state index is 11.7. The van der Waals surface area contributed by atoms with Crippen LogP contribution in [0.2, 0.25) is 0 Å². The molecule has 1 atom stereocenters. The van der Waals surface area contributed by atoms with E-state index in [-0.39, 0.29) is 5.97 Å². The van der Waals surface area contributed by atoms with Crippen molar-refractivity contribution in [2.24, 2.45) is 0 Å². The van der Waals surface area contributed by atoms with E-state index in [9.17, 15) is 4.79 Å². The summed E-state index contributed by atoms with van der Waals surface area (Å²) >= 11 is 0. The first-order valence-electron chi connectivity index (χ1n) is 6.73. The van der Waals surface area contributed by atoms with Crippen LogP contribution in [-0.2, 0) is 4.74 Å². The second kappa shape index (κ2) is 8.10. The van der Waals surface area contributed by atoms with Crippen molar-refractivity contribution in [2.45, 2.75) is 13.3 Å². The minimum atomic E-state index is -1.86. The van der Waals surface area contributed by atoms with Crippen LogP contribution in [-0.4, -0.2) is 17.6 Å². The normalized spacial score (nSPS) is 10.7. The van der Waals surface area contributed by atoms with Crippen molar-refractivity contribution in [3.63, 3.8) is 0 Å². The number of pyridine rings is 1. The fourth-order valence-electron chi connectivity index (χ4n) is 1.54. The zero-order valence-electron chi connectivity index (χ0n) is 12.1. The number of ether oxygens (including phenoxy) is 1. The fraction of sp³-hybridized carbons (Fsp3) is 0.200. The first-order valence-corrected chi connectivity index (χ1v) is 7.91. The van der Waals surface area contributed by atoms with Crippen LogP contribution in [0.15, 0.2) is 48.8 Å². The SMILES string of the molecule is CCCOC(=O)c1ccc(O[P+](=N)Oc2ccncc2)cc1. The Morgan fingerprint density at radius 3 is 2.27 bits per heavy atom. The average molecular weight is 319 g/mol. The van der Waals surface area contributed by atoms with E-state index >= 15 is 0 Å². The monoisotopic (exact) mass is 319 g/mol. The molecule has 0 saturated heterocycles. The van der Waals surface area contributed by atoms with E-state index in [1.54, 1.807) is 48.8 Å². The summed E-state index contributed by atoms with van der Waals surface area (Å²) in [5, 5.41) is 7.78. The van der Waals surface area contributed by atoms with Gasteiger partial charge in [-0.15, -0.1) is 0 Å². The van der Waals surface area contributed by atoms with Gasteiger partial charge in [0.2, 0.25) is 0 Å². The van der Waals surface area contributed by atoms with Crippen LogP contribution in [0.1, 0.15) is 23.7 Å². The molecule has 0 aliphatic carbocycles. The standard InChI is InChI=1S/C15H16N2O4P/c1-2-11-19-15(18)12-3-5-13(6-4-12)20-22(16)21-14-7-9-17-10-8-14/h3-10,16H,2,11H2,1H3/q+1. The molecule has 7 heteroatoms. The van der Waals surface area contributed by atoms with Gasteiger partial charge in [-0.2, -0.15) is 0 Å². The number of esters is 1. The number of nitrogens with zero attached hydrogens (tertiary/aromatic N) is 1. The van der Waals surface area contributed by atoms with Crippen LogP contribution in [0.3, 0.4) is 0 Å². The highest BCUT2D eigenvalue weighted by Gasteiger charge is 2.18.